The van der Waals surface area contributed by atoms with Gasteiger partial charge in [0.2, 0.25) is 5.82 Å². The molecule has 0 fully saturated rings. The molecule has 102 valence electrons. The second-order valence-corrected chi connectivity index (χ2v) is 3.08. The Morgan fingerprint density at radius 3 is 2.28 bits per heavy atom. The number of amides is 2. The highest BCUT2D eigenvalue weighted by Crippen LogP contribution is 2.29. The van der Waals surface area contributed by atoms with Gasteiger partial charge in [-0.3, -0.25) is 0 Å². The Balaban J connectivity index is 0.00000137. The number of urea groups is 1. The minimum absolute atomic E-state index is 0.0156. The van der Waals surface area contributed by atoms with Crippen molar-refractivity contribution in [2.45, 2.75) is 20.8 Å². The fraction of sp³-hybridized carbons (Fsp3) is 0.417. The van der Waals surface area contributed by atoms with Crippen LogP contribution in [0.3, 0.4) is 0 Å². The van der Waals surface area contributed by atoms with Gasteiger partial charge in [0.25, 0.3) is 0 Å². The van der Waals surface area contributed by atoms with E-state index in [0.717, 1.165) is 0 Å². The smallest absolute Gasteiger partial charge is 0.318 e. The summed E-state index contributed by atoms with van der Waals surface area (Å²) in [4.78, 5) is 11.1. The zero-order chi connectivity index (χ0) is 14.3. The van der Waals surface area contributed by atoms with Crippen molar-refractivity contribution in [2.24, 2.45) is 0 Å². The maximum atomic E-state index is 13.4. The molecule has 0 saturated heterocycles. The number of methoxy groups -OCH3 is 1. The Morgan fingerprint density at radius 1 is 1.28 bits per heavy atom. The Kier molecular flexibility index (Phi) is 6.70. The number of rotatable bonds is 2. The predicted octanol–water partition coefficient (Wildman–Crippen LogP) is 3.06. The number of hydrogen-bond donors (Lipinski definition) is 2. The maximum Gasteiger partial charge on any atom is 0.318 e. The minimum Gasteiger partial charge on any atom is -0.493 e. The molecular formula is C12H18F2N2O2. The number of halogens is 2. The molecule has 0 unspecified atom stereocenters. The quantitative estimate of drug-likeness (QED) is 0.858. The van der Waals surface area contributed by atoms with Crippen molar-refractivity contribution in [3.63, 3.8) is 0 Å². The van der Waals surface area contributed by atoms with Crippen molar-refractivity contribution in [3.8, 4) is 5.75 Å². The zero-order valence-corrected chi connectivity index (χ0v) is 11.1. The van der Waals surface area contributed by atoms with Gasteiger partial charge in [-0.1, -0.05) is 13.8 Å². The molecule has 6 heteroatoms. The van der Waals surface area contributed by atoms with Gasteiger partial charge in [-0.25, -0.2) is 9.18 Å². The monoisotopic (exact) mass is 260 g/mol. The zero-order valence-electron chi connectivity index (χ0n) is 11.1. The van der Waals surface area contributed by atoms with Crippen molar-refractivity contribution in [3.05, 3.63) is 23.3 Å². The molecule has 0 aliphatic rings. The molecule has 0 aliphatic carbocycles. The predicted molar refractivity (Wildman–Crippen MR) is 67.1 cm³/mol. The second kappa shape index (κ2) is 7.47. The average Bonchev–Trinajstić information content (AvgIpc) is 2.41. The van der Waals surface area contributed by atoms with Gasteiger partial charge in [0.1, 0.15) is 0 Å². The molecule has 1 rings (SSSR count). The van der Waals surface area contributed by atoms with Crippen LogP contribution in [-0.2, 0) is 0 Å². The first-order valence-electron chi connectivity index (χ1n) is 5.52. The minimum atomic E-state index is -1.07. The van der Waals surface area contributed by atoms with Crippen LogP contribution in [0.15, 0.2) is 6.07 Å². The third kappa shape index (κ3) is 3.58. The average molecular weight is 260 g/mol. The van der Waals surface area contributed by atoms with E-state index in [4.69, 9.17) is 0 Å². The number of nitrogens with one attached hydrogen (secondary N) is 2. The fourth-order valence-electron chi connectivity index (χ4n) is 1.16. The number of anilines is 1. The molecule has 0 aromatic heterocycles. The van der Waals surface area contributed by atoms with Crippen molar-refractivity contribution >= 4 is 11.7 Å². The molecule has 0 saturated carbocycles. The summed E-state index contributed by atoms with van der Waals surface area (Å²) in [6.45, 7) is 5.36. The van der Waals surface area contributed by atoms with E-state index in [-0.39, 0.29) is 17.0 Å². The standard InChI is InChI=1S/C10H12F2N2O2.C2H6/c1-5-6(14-10(15)13-2)4-7(16-3)9(12)8(5)11;1-2/h4H,1-3H3,(H2,13,14,15);1-2H3. The van der Waals surface area contributed by atoms with Crippen LogP contribution in [0.25, 0.3) is 0 Å². The third-order valence-electron chi connectivity index (χ3n) is 2.11. The topological polar surface area (TPSA) is 50.4 Å². The third-order valence-corrected chi connectivity index (χ3v) is 2.11. The van der Waals surface area contributed by atoms with Crippen LogP contribution in [0.5, 0.6) is 5.75 Å². The van der Waals surface area contributed by atoms with E-state index >= 15 is 0 Å². The molecule has 4 nitrogen and oxygen atoms in total. The first-order chi connectivity index (χ1) is 8.51. The van der Waals surface area contributed by atoms with Crippen molar-refractivity contribution < 1.29 is 18.3 Å². The summed E-state index contributed by atoms with van der Waals surface area (Å²) in [6.07, 6.45) is 0. The lowest BCUT2D eigenvalue weighted by molar-refractivity contribution is 0.254. The van der Waals surface area contributed by atoms with Crippen LogP contribution < -0.4 is 15.4 Å². The summed E-state index contributed by atoms with van der Waals surface area (Å²) in [5.74, 6) is -2.36. The van der Waals surface area contributed by atoms with E-state index in [2.05, 4.69) is 15.4 Å². The number of ether oxygens (including phenoxy) is 1. The Hall–Kier alpha value is -1.85. The summed E-state index contributed by atoms with van der Waals surface area (Å²) in [6, 6.07) is 0.708. The molecule has 1 aromatic rings. The highest BCUT2D eigenvalue weighted by Gasteiger charge is 2.17. The molecule has 0 bridgehead atoms. The lowest BCUT2D eigenvalue weighted by Gasteiger charge is -2.11. The molecule has 0 spiro atoms. The number of benzene rings is 1. The van der Waals surface area contributed by atoms with Gasteiger partial charge >= 0.3 is 6.03 Å². The van der Waals surface area contributed by atoms with Crippen LogP contribution in [0.4, 0.5) is 19.3 Å². The molecular weight excluding hydrogens is 242 g/mol. The molecule has 2 amide bonds. The Labute approximate surface area is 105 Å². The van der Waals surface area contributed by atoms with Gasteiger partial charge in [0.05, 0.1) is 12.8 Å². The molecule has 0 radical (unpaired) electrons. The van der Waals surface area contributed by atoms with Gasteiger partial charge in [-0.05, 0) is 6.92 Å². The molecule has 2 N–H and O–H groups in total. The van der Waals surface area contributed by atoms with E-state index < -0.39 is 17.7 Å². The van der Waals surface area contributed by atoms with Crippen LogP contribution >= 0.6 is 0 Å². The largest absolute Gasteiger partial charge is 0.493 e. The maximum absolute atomic E-state index is 13.4. The Morgan fingerprint density at radius 2 is 1.83 bits per heavy atom. The van der Waals surface area contributed by atoms with E-state index in [0.29, 0.717) is 0 Å². The summed E-state index contributed by atoms with van der Waals surface area (Å²) in [5, 5.41) is 4.67. The van der Waals surface area contributed by atoms with Crippen molar-refractivity contribution in [1.82, 2.24) is 5.32 Å². The van der Waals surface area contributed by atoms with Crippen LogP contribution in [0.1, 0.15) is 19.4 Å². The normalized spacial score (nSPS) is 9.06. The van der Waals surface area contributed by atoms with Crippen LogP contribution in [0.2, 0.25) is 0 Å². The summed E-state index contributed by atoms with van der Waals surface area (Å²) >= 11 is 0. The van der Waals surface area contributed by atoms with Gasteiger partial charge < -0.3 is 15.4 Å². The highest BCUT2D eigenvalue weighted by atomic mass is 19.2. The molecule has 18 heavy (non-hydrogen) atoms. The van der Waals surface area contributed by atoms with Crippen LogP contribution in [-0.4, -0.2) is 20.2 Å². The summed E-state index contributed by atoms with van der Waals surface area (Å²) in [5.41, 5.74) is 0.178. The number of carbonyl (C=O) groups is 1. The first kappa shape index (κ1) is 16.1. The SMILES string of the molecule is CC.CNC(=O)Nc1cc(OC)c(F)c(F)c1C. The lowest BCUT2D eigenvalue weighted by Crippen LogP contribution is -2.25. The van der Waals surface area contributed by atoms with E-state index in [9.17, 15) is 13.6 Å². The van der Waals surface area contributed by atoms with E-state index in [1.54, 1.807) is 0 Å². The van der Waals surface area contributed by atoms with Gasteiger partial charge in [-0.15, -0.1) is 0 Å². The lowest BCUT2D eigenvalue weighted by atomic mass is 10.1. The summed E-state index contributed by atoms with van der Waals surface area (Å²) in [7, 11) is 2.64. The molecule has 1 aromatic carbocycles. The van der Waals surface area contributed by atoms with Gasteiger partial charge in [0.15, 0.2) is 11.6 Å². The number of carbonyl (C=O) groups excluding carboxylic acids is 1. The highest BCUT2D eigenvalue weighted by molar-refractivity contribution is 5.90. The fourth-order valence-corrected chi connectivity index (χ4v) is 1.16. The molecule has 0 aliphatic heterocycles. The molecule has 0 heterocycles. The van der Waals surface area contributed by atoms with Crippen molar-refractivity contribution in [2.75, 3.05) is 19.5 Å². The van der Waals surface area contributed by atoms with Crippen LogP contribution in [0, 0.1) is 18.6 Å². The van der Waals surface area contributed by atoms with E-state index in [1.807, 2.05) is 13.8 Å². The first-order valence-corrected chi connectivity index (χ1v) is 5.52. The molecule has 0 atom stereocenters. The Bertz CT molecular complexity index is 423. The van der Waals surface area contributed by atoms with E-state index in [1.165, 1.54) is 27.1 Å². The van der Waals surface area contributed by atoms with Gasteiger partial charge in [-0.2, -0.15) is 4.39 Å². The van der Waals surface area contributed by atoms with Crippen molar-refractivity contribution in [1.29, 1.82) is 0 Å². The van der Waals surface area contributed by atoms with Gasteiger partial charge in [0, 0.05) is 18.7 Å². The second-order valence-electron chi connectivity index (χ2n) is 3.08. The summed E-state index contributed by atoms with van der Waals surface area (Å²) < 4.78 is 31.3. The number of hydrogen-bond acceptors (Lipinski definition) is 2.